The molecule has 1 aromatic heterocycles. The average Bonchev–Trinajstić information content (AvgIpc) is 2.83. The molecule has 1 heterocycles. The monoisotopic (exact) mass is 297 g/mol. The number of nitrogens with zero attached hydrogens (tertiary/aromatic N) is 2. The van der Waals surface area contributed by atoms with E-state index in [4.69, 9.17) is 0 Å². The molecule has 114 valence electrons. The maximum atomic E-state index is 13.0. The average molecular weight is 297 g/mol. The Morgan fingerprint density at radius 3 is 2.62 bits per heavy atom. The van der Waals surface area contributed by atoms with E-state index in [-0.39, 0.29) is 12.1 Å². The van der Waals surface area contributed by atoms with Crippen molar-refractivity contribution in [3.8, 4) is 0 Å². The van der Waals surface area contributed by atoms with E-state index in [1.54, 1.807) is 23.0 Å². The Morgan fingerprint density at radius 2 is 1.95 bits per heavy atom. The van der Waals surface area contributed by atoms with Crippen LogP contribution in [0.2, 0.25) is 0 Å². The van der Waals surface area contributed by atoms with Crippen molar-refractivity contribution in [2.75, 3.05) is 11.9 Å². The van der Waals surface area contributed by atoms with Crippen LogP contribution in [0.25, 0.3) is 0 Å². The first-order valence-corrected chi connectivity index (χ1v) is 6.78. The minimum Gasteiger partial charge on any atom is -0.355 e. The van der Waals surface area contributed by atoms with Gasteiger partial charge in [0.2, 0.25) is 5.95 Å². The summed E-state index contributed by atoms with van der Waals surface area (Å²) in [6.45, 7) is 4.96. The van der Waals surface area contributed by atoms with Crippen LogP contribution in [0, 0.1) is 5.92 Å². The Labute approximate surface area is 121 Å². The van der Waals surface area contributed by atoms with Crippen molar-refractivity contribution in [1.29, 1.82) is 0 Å². The van der Waals surface area contributed by atoms with Crippen LogP contribution in [0.3, 0.4) is 0 Å². The van der Waals surface area contributed by atoms with E-state index < -0.39 is 11.7 Å². The van der Waals surface area contributed by atoms with Crippen LogP contribution in [0.5, 0.6) is 0 Å². The Balaban J connectivity index is 2.22. The van der Waals surface area contributed by atoms with Gasteiger partial charge < -0.3 is 9.88 Å². The second-order valence-corrected chi connectivity index (χ2v) is 5.31. The number of anilines is 1. The third kappa shape index (κ3) is 4.00. The van der Waals surface area contributed by atoms with Crippen molar-refractivity contribution in [2.45, 2.75) is 26.6 Å². The van der Waals surface area contributed by atoms with Crippen molar-refractivity contribution in [2.24, 2.45) is 5.92 Å². The predicted molar refractivity (Wildman–Crippen MR) is 76.1 cm³/mol. The molecule has 3 nitrogen and oxygen atoms in total. The molecule has 0 amide bonds. The van der Waals surface area contributed by atoms with Crippen LogP contribution >= 0.6 is 0 Å². The molecule has 0 unspecified atom stereocenters. The maximum Gasteiger partial charge on any atom is 0.416 e. The van der Waals surface area contributed by atoms with Crippen LogP contribution in [0.15, 0.2) is 36.7 Å². The first-order chi connectivity index (χ1) is 9.88. The first kappa shape index (κ1) is 15.4. The van der Waals surface area contributed by atoms with Crippen LogP contribution in [0.4, 0.5) is 19.1 Å². The number of benzene rings is 1. The summed E-state index contributed by atoms with van der Waals surface area (Å²) in [6, 6.07) is 5.61. The van der Waals surface area contributed by atoms with E-state index in [0.29, 0.717) is 11.9 Å². The zero-order chi connectivity index (χ0) is 15.5. The first-order valence-electron chi connectivity index (χ1n) is 6.78. The lowest BCUT2D eigenvalue weighted by Crippen LogP contribution is -2.15. The van der Waals surface area contributed by atoms with Crippen molar-refractivity contribution in [3.05, 3.63) is 47.8 Å². The van der Waals surface area contributed by atoms with E-state index >= 15 is 0 Å². The van der Waals surface area contributed by atoms with Gasteiger partial charge in [0, 0.05) is 18.9 Å². The molecule has 0 radical (unpaired) electrons. The standard InChI is InChI=1S/C15H18F3N3/c1-11(2)9-20-14-19-7-8-21(14)10-12-5-3-4-6-13(12)15(16,17)18/h3-8,11H,9-10H2,1-2H3,(H,19,20). The molecule has 0 aliphatic rings. The summed E-state index contributed by atoms with van der Waals surface area (Å²) in [4.78, 5) is 4.15. The van der Waals surface area contributed by atoms with Gasteiger partial charge in [-0.05, 0) is 17.5 Å². The number of halogens is 3. The third-order valence-electron chi connectivity index (χ3n) is 3.05. The van der Waals surface area contributed by atoms with Crippen LogP contribution in [-0.2, 0) is 12.7 Å². The number of alkyl halides is 3. The number of hydrogen-bond donors (Lipinski definition) is 1. The summed E-state index contributed by atoms with van der Waals surface area (Å²) >= 11 is 0. The number of imidazole rings is 1. The molecule has 6 heteroatoms. The smallest absolute Gasteiger partial charge is 0.355 e. The lowest BCUT2D eigenvalue weighted by atomic mass is 10.1. The molecule has 1 aromatic carbocycles. The fourth-order valence-electron chi connectivity index (χ4n) is 2.02. The minimum atomic E-state index is -4.34. The number of nitrogens with one attached hydrogen (secondary N) is 1. The van der Waals surface area contributed by atoms with Crippen LogP contribution in [-0.4, -0.2) is 16.1 Å². The van der Waals surface area contributed by atoms with Gasteiger partial charge in [0.25, 0.3) is 0 Å². The molecule has 1 N–H and O–H groups in total. The van der Waals surface area contributed by atoms with Crippen LogP contribution < -0.4 is 5.32 Å². The number of hydrogen-bond acceptors (Lipinski definition) is 2. The Bertz CT molecular complexity index is 588. The number of aromatic nitrogens is 2. The summed E-state index contributed by atoms with van der Waals surface area (Å²) in [5.74, 6) is 1.01. The van der Waals surface area contributed by atoms with Crippen molar-refractivity contribution in [1.82, 2.24) is 9.55 Å². The van der Waals surface area contributed by atoms with E-state index in [0.717, 1.165) is 12.6 Å². The Hall–Kier alpha value is -1.98. The molecule has 0 spiro atoms. The molecule has 0 fully saturated rings. The fourth-order valence-corrected chi connectivity index (χ4v) is 2.02. The molecule has 0 saturated carbocycles. The predicted octanol–water partition coefficient (Wildman–Crippen LogP) is 4.02. The van der Waals surface area contributed by atoms with Gasteiger partial charge in [-0.15, -0.1) is 0 Å². The van der Waals surface area contributed by atoms with Gasteiger partial charge in [-0.25, -0.2) is 4.98 Å². The highest BCUT2D eigenvalue weighted by Crippen LogP contribution is 2.32. The highest BCUT2D eigenvalue weighted by Gasteiger charge is 2.32. The molecule has 0 bridgehead atoms. The molecular weight excluding hydrogens is 279 g/mol. The maximum absolute atomic E-state index is 13.0. The van der Waals surface area contributed by atoms with Gasteiger partial charge in [0.15, 0.2) is 0 Å². The fraction of sp³-hybridized carbons (Fsp3) is 0.400. The molecule has 0 aliphatic heterocycles. The van der Waals surface area contributed by atoms with Gasteiger partial charge in [0.05, 0.1) is 12.1 Å². The molecule has 0 saturated heterocycles. The van der Waals surface area contributed by atoms with E-state index in [1.165, 1.54) is 12.1 Å². The summed E-state index contributed by atoms with van der Waals surface area (Å²) in [7, 11) is 0. The SMILES string of the molecule is CC(C)CNc1nccn1Cc1ccccc1C(F)(F)F. The summed E-state index contributed by atoms with van der Waals surface area (Å²) in [5, 5.41) is 3.14. The topological polar surface area (TPSA) is 29.9 Å². The van der Waals surface area contributed by atoms with Gasteiger partial charge in [-0.3, -0.25) is 0 Å². The summed E-state index contributed by atoms with van der Waals surface area (Å²) < 4.78 is 40.7. The quantitative estimate of drug-likeness (QED) is 0.903. The van der Waals surface area contributed by atoms with Crippen molar-refractivity contribution >= 4 is 5.95 Å². The molecular formula is C15H18F3N3. The molecule has 2 rings (SSSR count). The second-order valence-electron chi connectivity index (χ2n) is 5.31. The minimum absolute atomic E-state index is 0.135. The Kier molecular flexibility index (Phi) is 4.55. The zero-order valence-electron chi connectivity index (χ0n) is 12.0. The lowest BCUT2D eigenvalue weighted by molar-refractivity contribution is -0.138. The Morgan fingerprint density at radius 1 is 1.24 bits per heavy atom. The number of rotatable bonds is 5. The van der Waals surface area contributed by atoms with Crippen molar-refractivity contribution < 1.29 is 13.2 Å². The van der Waals surface area contributed by atoms with E-state index in [2.05, 4.69) is 24.1 Å². The zero-order valence-corrected chi connectivity index (χ0v) is 12.0. The van der Waals surface area contributed by atoms with Crippen LogP contribution in [0.1, 0.15) is 25.0 Å². The molecule has 0 aliphatic carbocycles. The van der Waals surface area contributed by atoms with Crippen molar-refractivity contribution in [3.63, 3.8) is 0 Å². The van der Waals surface area contributed by atoms with E-state index in [1.807, 2.05) is 0 Å². The van der Waals surface area contributed by atoms with Gasteiger partial charge >= 0.3 is 6.18 Å². The van der Waals surface area contributed by atoms with E-state index in [9.17, 15) is 13.2 Å². The summed E-state index contributed by atoms with van der Waals surface area (Å²) in [5.41, 5.74) is -0.371. The largest absolute Gasteiger partial charge is 0.416 e. The third-order valence-corrected chi connectivity index (χ3v) is 3.05. The second kappa shape index (κ2) is 6.20. The lowest BCUT2D eigenvalue weighted by Gasteiger charge is -2.15. The van der Waals surface area contributed by atoms with Gasteiger partial charge in [-0.1, -0.05) is 32.0 Å². The molecule has 0 atom stereocenters. The highest BCUT2D eigenvalue weighted by atomic mass is 19.4. The normalized spacial score (nSPS) is 11.9. The highest BCUT2D eigenvalue weighted by molar-refractivity contribution is 5.33. The molecule has 2 aromatic rings. The van der Waals surface area contributed by atoms with Gasteiger partial charge in [-0.2, -0.15) is 13.2 Å². The van der Waals surface area contributed by atoms with Gasteiger partial charge in [0.1, 0.15) is 0 Å². The summed E-state index contributed by atoms with van der Waals surface area (Å²) in [6.07, 6.45) is -1.09. The molecule has 21 heavy (non-hydrogen) atoms.